The number of aryl methyl sites for hydroxylation is 1. The summed E-state index contributed by atoms with van der Waals surface area (Å²) >= 11 is 1.57. The highest BCUT2D eigenvalue weighted by molar-refractivity contribution is 7.07. The number of thiazole rings is 1. The molecule has 134 valence electrons. The summed E-state index contributed by atoms with van der Waals surface area (Å²) in [7, 11) is 0. The zero-order valence-corrected chi connectivity index (χ0v) is 14.8. The Bertz CT molecular complexity index is 730. The van der Waals surface area contributed by atoms with Crippen LogP contribution in [0, 0.1) is 0 Å². The number of piperidine rings is 1. The summed E-state index contributed by atoms with van der Waals surface area (Å²) in [5.74, 6) is 0.610. The summed E-state index contributed by atoms with van der Waals surface area (Å²) < 4.78 is 5.31. The minimum Gasteiger partial charge on any atom is -0.390 e. The van der Waals surface area contributed by atoms with E-state index in [-0.39, 0.29) is 11.9 Å². The van der Waals surface area contributed by atoms with E-state index >= 15 is 0 Å². The number of rotatable bonds is 4. The number of likely N-dealkylation sites (tertiary alicyclic amines) is 1. The van der Waals surface area contributed by atoms with Crippen molar-refractivity contribution in [3.63, 3.8) is 0 Å². The fourth-order valence-corrected chi connectivity index (χ4v) is 4.20. The van der Waals surface area contributed by atoms with Gasteiger partial charge in [0.1, 0.15) is 5.76 Å². The van der Waals surface area contributed by atoms with Gasteiger partial charge in [0.05, 0.1) is 23.4 Å². The van der Waals surface area contributed by atoms with Gasteiger partial charge in [-0.3, -0.25) is 9.69 Å². The minimum atomic E-state index is -0.598. The van der Waals surface area contributed by atoms with E-state index in [1.165, 1.54) is 0 Å². The number of hydrogen-bond acceptors (Lipinski definition) is 7. The molecule has 25 heavy (non-hydrogen) atoms. The lowest BCUT2D eigenvalue weighted by molar-refractivity contribution is 0.0343. The van der Waals surface area contributed by atoms with Crippen LogP contribution in [0.4, 0.5) is 0 Å². The van der Waals surface area contributed by atoms with Gasteiger partial charge in [-0.1, -0.05) is 5.16 Å². The summed E-state index contributed by atoms with van der Waals surface area (Å²) in [4.78, 5) is 19.0. The molecule has 0 aromatic carbocycles. The van der Waals surface area contributed by atoms with E-state index in [1.807, 2.05) is 10.9 Å². The molecule has 1 aliphatic carbocycles. The van der Waals surface area contributed by atoms with Crippen molar-refractivity contribution in [3.8, 4) is 0 Å². The SMILES string of the molecule is O=C(N[C@@H]1CCN(Cc2cscn2)C[C@H]1O)c1noc2c1CCCC2. The number of aliphatic hydroxyl groups excluding tert-OH is 1. The molecule has 8 heteroatoms. The lowest BCUT2D eigenvalue weighted by atomic mass is 9.96. The number of carbonyl (C=O) groups is 1. The molecule has 2 N–H and O–H groups in total. The van der Waals surface area contributed by atoms with E-state index in [0.29, 0.717) is 18.7 Å². The second kappa shape index (κ2) is 7.23. The lowest BCUT2D eigenvalue weighted by Gasteiger charge is -2.35. The maximum absolute atomic E-state index is 12.6. The Kier molecular flexibility index (Phi) is 4.82. The Morgan fingerprint density at radius 1 is 1.44 bits per heavy atom. The van der Waals surface area contributed by atoms with Crippen LogP contribution in [-0.4, -0.2) is 51.3 Å². The average molecular weight is 362 g/mol. The van der Waals surface area contributed by atoms with Gasteiger partial charge in [-0.15, -0.1) is 11.3 Å². The van der Waals surface area contributed by atoms with Crippen molar-refractivity contribution in [2.45, 2.75) is 50.8 Å². The van der Waals surface area contributed by atoms with Gasteiger partial charge in [0.2, 0.25) is 0 Å². The van der Waals surface area contributed by atoms with Crippen LogP contribution in [0.1, 0.15) is 46.8 Å². The number of nitrogens with one attached hydrogen (secondary N) is 1. The predicted octanol–water partition coefficient (Wildman–Crippen LogP) is 1.38. The molecule has 4 rings (SSSR count). The number of nitrogens with zero attached hydrogens (tertiary/aromatic N) is 3. The molecule has 1 aliphatic heterocycles. The van der Waals surface area contributed by atoms with Crippen LogP contribution in [-0.2, 0) is 19.4 Å². The van der Waals surface area contributed by atoms with Gasteiger partial charge < -0.3 is 14.9 Å². The molecule has 2 aliphatic rings. The second-order valence-electron chi connectivity index (χ2n) is 6.79. The summed E-state index contributed by atoms with van der Waals surface area (Å²) in [6.45, 7) is 2.08. The van der Waals surface area contributed by atoms with Gasteiger partial charge in [0, 0.05) is 37.0 Å². The highest BCUT2D eigenvalue weighted by Crippen LogP contribution is 2.24. The molecule has 0 unspecified atom stereocenters. The topological polar surface area (TPSA) is 91.5 Å². The number of amides is 1. The largest absolute Gasteiger partial charge is 0.390 e. The molecule has 3 heterocycles. The fraction of sp³-hybridized carbons (Fsp3) is 0.588. The molecular weight excluding hydrogens is 340 g/mol. The number of aliphatic hydroxyl groups is 1. The van der Waals surface area contributed by atoms with Crippen LogP contribution < -0.4 is 5.32 Å². The van der Waals surface area contributed by atoms with Crippen molar-refractivity contribution >= 4 is 17.2 Å². The summed E-state index contributed by atoms with van der Waals surface area (Å²) in [6.07, 6.45) is 3.95. The molecular formula is C17H22N4O3S. The lowest BCUT2D eigenvalue weighted by Crippen LogP contribution is -2.53. The predicted molar refractivity (Wildman–Crippen MR) is 92.4 cm³/mol. The second-order valence-corrected chi connectivity index (χ2v) is 7.51. The van der Waals surface area contributed by atoms with Gasteiger partial charge in [-0.05, 0) is 25.7 Å². The van der Waals surface area contributed by atoms with Gasteiger partial charge in [0.15, 0.2) is 5.69 Å². The summed E-state index contributed by atoms with van der Waals surface area (Å²) in [5, 5.41) is 19.4. The molecule has 0 radical (unpaired) electrons. The standard InChI is InChI=1S/C17H22N4O3S/c22-14-8-21(7-11-9-25-10-18-11)6-5-13(14)19-17(23)16-12-3-1-2-4-15(12)24-20-16/h9-10,13-14,22H,1-8H2,(H,19,23)/t13-,14-/m1/s1. The van der Waals surface area contributed by atoms with E-state index in [4.69, 9.17) is 4.52 Å². The Morgan fingerprint density at radius 2 is 2.32 bits per heavy atom. The first-order valence-electron chi connectivity index (χ1n) is 8.76. The average Bonchev–Trinajstić information content (AvgIpc) is 3.26. The van der Waals surface area contributed by atoms with E-state index in [2.05, 4.69) is 20.4 Å². The van der Waals surface area contributed by atoms with E-state index in [9.17, 15) is 9.90 Å². The van der Waals surface area contributed by atoms with Gasteiger partial charge in [-0.25, -0.2) is 4.98 Å². The van der Waals surface area contributed by atoms with Crippen LogP contribution in [0.25, 0.3) is 0 Å². The van der Waals surface area contributed by atoms with Crippen LogP contribution >= 0.6 is 11.3 Å². The molecule has 1 fully saturated rings. The van der Waals surface area contributed by atoms with Crippen molar-refractivity contribution in [2.75, 3.05) is 13.1 Å². The zero-order chi connectivity index (χ0) is 17.2. The minimum absolute atomic E-state index is 0.232. The quantitative estimate of drug-likeness (QED) is 0.854. The smallest absolute Gasteiger partial charge is 0.274 e. The zero-order valence-electron chi connectivity index (χ0n) is 14.0. The first kappa shape index (κ1) is 16.7. The third-order valence-electron chi connectivity index (χ3n) is 5.02. The molecule has 2 aromatic heterocycles. The molecule has 0 saturated carbocycles. The molecule has 0 bridgehead atoms. The van der Waals surface area contributed by atoms with Crippen LogP contribution in [0.3, 0.4) is 0 Å². The third-order valence-corrected chi connectivity index (χ3v) is 5.65. The number of β-amino-alcohol motifs (C(OH)–C–C–N with tert-alkyl or cyclic N) is 1. The monoisotopic (exact) mass is 362 g/mol. The summed E-state index contributed by atoms with van der Waals surface area (Å²) in [6, 6.07) is -0.255. The van der Waals surface area contributed by atoms with Crippen LogP contribution in [0.5, 0.6) is 0 Å². The van der Waals surface area contributed by atoms with Crippen molar-refractivity contribution < 1.29 is 14.4 Å². The number of carbonyl (C=O) groups excluding carboxylic acids is 1. The number of hydrogen-bond donors (Lipinski definition) is 2. The Hall–Kier alpha value is -1.77. The molecule has 1 saturated heterocycles. The van der Waals surface area contributed by atoms with Crippen LogP contribution in [0.2, 0.25) is 0 Å². The first-order valence-corrected chi connectivity index (χ1v) is 9.71. The van der Waals surface area contributed by atoms with Crippen molar-refractivity contribution in [1.29, 1.82) is 0 Å². The van der Waals surface area contributed by atoms with Crippen molar-refractivity contribution in [3.05, 3.63) is 33.6 Å². The van der Waals surface area contributed by atoms with Crippen LogP contribution in [0.15, 0.2) is 15.4 Å². The highest BCUT2D eigenvalue weighted by atomic mass is 32.1. The molecule has 1 amide bonds. The Balaban J connectivity index is 1.35. The molecule has 0 spiro atoms. The fourth-order valence-electron chi connectivity index (χ4n) is 3.65. The normalized spacial score (nSPS) is 24.0. The first-order chi connectivity index (χ1) is 12.2. The molecule has 2 aromatic rings. The summed E-state index contributed by atoms with van der Waals surface area (Å²) in [5.41, 5.74) is 4.18. The Morgan fingerprint density at radius 3 is 3.12 bits per heavy atom. The van der Waals surface area contributed by atoms with E-state index < -0.39 is 6.10 Å². The molecule has 2 atom stereocenters. The number of aromatic nitrogens is 2. The van der Waals surface area contributed by atoms with Crippen molar-refractivity contribution in [1.82, 2.24) is 20.4 Å². The third kappa shape index (κ3) is 3.61. The van der Waals surface area contributed by atoms with E-state index in [1.54, 1.807) is 11.3 Å². The van der Waals surface area contributed by atoms with Gasteiger partial charge in [-0.2, -0.15) is 0 Å². The maximum Gasteiger partial charge on any atom is 0.274 e. The van der Waals surface area contributed by atoms with Gasteiger partial charge >= 0.3 is 0 Å². The van der Waals surface area contributed by atoms with E-state index in [0.717, 1.165) is 55.8 Å². The number of fused-ring (bicyclic) bond motifs is 1. The maximum atomic E-state index is 12.6. The molecule has 7 nitrogen and oxygen atoms in total. The Labute approximate surface area is 150 Å². The van der Waals surface area contributed by atoms with Crippen molar-refractivity contribution in [2.24, 2.45) is 0 Å². The highest BCUT2D eigenvalue weighted by Gasteiger charge is 2.31. The van der Waals surface area contributed by atoms with Gasteiger partial charge in [0.25, 0.3) is 5.91 Å².